The van der Waals surface area contributed by atoms with Crippen LogP contribution in [-0.2, 0) is 11.3 Å². The van der Waals surface area contributed by atoms with E-state index in [1.807, 2.05) is 30.2 Å². The van der Waals surface area contributed by atoms with Crippen LogP contribution < -0.4 is 0 Å². The zero-order valence-electron chi connectivity index (χ0n) is 14.3. The molecule has 0 unspecified atom stereocenters. The Hall–Kier alpha value is -1.93. The summed E-state index contributed by atoms with van der Waals surface area (Å²) in [5.74, 6) is 0.738. The van der Waals surface area contributed by atoms with Gasteiger partial charge in [0.2, 0.25) is 5.91 Å². The van der Waals surface area contributed by atoms with Crippen molar-refractivity contribution in [2.45, 2.75) is 37.4 Å². The van der Waals surface area contributed by atoms with Crippen molar-refractivity contribution in [3.8, 4) is 0 Å². The summed E-state index contributed by atoms with van der Waals surface area (Å²) in [4.78, 5) is 23.0. The first-order chi connectivity index (χ1) is 12.2. The highest BCUT2D eigenvalue weighted by Gasteiger charge is 2.26. The maximum atomic E-state index is 12.5. The van der Waals surface area contributed by atoms with Crippen LogP contribution in [0.25, 0.3) is 0 Å². The molecule has 1 aliphatic heterocycles. The van der Waals surface area contributed by atoms with E-state index in [2.05, 4.69) is 15.1 Å². The van der Waals surface area contributed by atoms with E-state index in [4.69, 9.17) is 5.11 Å². The number of likely N-dealkylation sites (tertiary alicyclic amines) is 1. The summed E-state index contributed by atoms with van der Waals surface area (Å²) in [5.41, 5.74) is 1.90. The van der Waals surface area contributed by atoms with E-state index in [1.54, 1.807) is 10.9 Å². The Bertz CT molecular complexity index is 721. The van der Waals surface area contributed by atoms with E-state index >= 15 is 0 Å². The number of amides is 1. The number of aliphatic hydroxyl groups excluding tert-OH is 1. The fraction of sp³-hybridized carbons (Fsp3) is 0.529. The lowest BCUT2D eigenvalue weighted by molar-refractivity contribution is -0.129. The predicted molar refractivity (Wildman–Crippen MR) is 95.4 cm³/mol. The maximum absolute atomic E-state index is 12.5. The Morgan fingerprint density at radius 1 is 1.44 bits per heavy atom. The monoisotopic (exact) mass is 361 g/mol. The highest BCUT2D eigenvalue weighted by molar-refractivity contribution is 7.99. The van der Waals surface area contributed by atoms with Crippen LogP contribution in [0, 0.1) is 6.92 Å². The standard InChI is InChI=1S/C17H23N5O2S/c1-13-4-6-18-17(19-13)25-12-16(24)21-7-2-3-14(11-21)15-5-8-22(20-15)9-10-23/h4-6,8,14,23H,2-3,7,9-12H2,1H3/t14-/m1/s1. The van der Waals surface area contributed by atoms with E-state index in [1.165, 1.54) is 11.8 Å². The van der Waals surface area contributed by atoms with Crippen LogP contribution in [0.15, 0.2) is 29.7 Å². The molecule has 0 radical (unpaired) electrons. The van der Waals surface area contributed by atoms with Gasteiger partial charge in [-0.05, 0) is 31.9 Å². The quantitative estimate of drug-likeness (QED) is 0.620. The number of thioether (sulfide) groups is 1. The molecule has 134 valence electrons. The Labute approximate surface area is 151 Å². The molecule has 1 atom stereocenters. The molecular weight excluding hydrogens is 338 g/mol. The number of nitrogens with zero attached hydrogens (tertiary/aromatic N) is 5. The first-order valence-electron chi connectivity index (χ1n) is 8.50. The van der Waals surface area contributed by atoms with Gasteiger partial charge in [-0.3, -0.25) is 9.48 Å². The van der Waals surface area contributed by atoms with Crippen LogP contribution in [0.4, 0.5) is 0 Å². The molecule has 2 aromatic heterocycles. The Morgan fingerprint density at radius 3 is 3.12 bits per heavy atom. The molecule has 0 bridgehead atoms. The minimum atomic E-state index is 0.0780. The molecule has 3 rings (SSSR count). The number of piperidine rings is 1. The van der Waals surface area contributed by atoms with Gasteiger partial charge in [0.25, 0.3) is 0 Å². The molecule has 1 amide bonds. The summed E-state index contributed by atoms with van der Waals surface area (Å²) in [6, 6.07) is 3.83. The highest BCUT2D eigenvalue weighted by Crippen LogP contribution is 2.26. The normalized spacial score (nSPS) is 17.7. The van der Waals surface area contributed by atoms with Crippen molar-refractivity contribution in [1.29, 1.82) is 0 Å². The van der Waals surface area contributed by atoms with Gasteiger partial charge >= 0.3 is 0 Å². The van der Waals surface area contributed by atoms with E-state index in [-0.39, 0.29) is 18.4 Å². The van der Waals surface area contributed by atoms with Gasteiger partial charge in [0.1, 0.15) is 0 Å². The van der Waals surface area contributed by atoms with E-state index in [0.717, 1.165) is 30.8 Å². The molecule has 8 heteroatoms. The van der Waals surface area contributed by atoms with Crippen molar-refractivity contribution in [1.82, 2.24) is 24.6 Å². The van der Waals surface area contributed by atoms with Crippen molar-refractivity contribution in [2.24, 2.45) is 0 Å². The number of aliphatic hydroxyl groups is 1. The minimum absolute atomic E-state index is 0.0780. The van der Waals surface area contributed by atoms with Gasteiger partial charge in [-0.2, -0.15) is 5.10 Å². The number of carbonyl (C=O) groups is 1. The predicted octanol–water partition coefficient (Wildman–Crippen LogP) is 1.47. The lowest BCUT2D eigenvalue weighted by Gasteiger charge is -2.32. The summed E-state index contributed by atoms with van der Waals surface area (Å²) in [6.07, 6.45) is 5.62. The summed E-state index contributed by atoms with van der Waals surface area (Å²) in [5, 5.41) is 14.2. The Kier molecular flexibility index (Phi) is 6.04. The van der Waals surface area contributed by atoms with Gasteiger partial charge in [0.15, 0.2) is 5.16 Å². The van der Waals surface area contributed by atoms with E-state index in [0.29, 0.717) is 24.0 Å². The fourth-order valence-electron chi connectivity index (χ4n) is 2.98. The van der Waals surface area contributed by atoms with E-state index < -0.39 is 0 Å². The molecule has 25 heavy (non-hydrogen) atoms. The number of aryl methyl sites for hydroxylation is 1. The molecule has 0 aliphatic carbocycles. The minimum Gasteiger partial charge on any atom is -0.394 e. The Balaban J connectivity index is 1.55. The number of aromatic nitrogens is 4. The smallest absolute Gasteiger partial charge is 0.233 e. The molecular formula is C17H23N5O2S. The van der Waals surface area contributed by atoms with Gasteiger partial charge in [-0.15, -0.1) is 0 Å². The topological polar surface area (TPSA) is 84.1 Å². The van der Waals surface area contributed by atoms with Crippen LogP contribution in [0.3, 0.4) is 0 Å². The van der Waals surface area contributed by atoms with Crippen LogP contribution in [-0.4, -0.2) is 61.1 Å². The Morgan fingerprint density at radius 2 is 2.32 bits per heavy atom. The molecule has 0 aromatic carbocycles. The van der Waals surface area contributed by atoms with Gasteiger partial charge in [0, 0.05) is 37.1 Å². The van der Waals surface area contributed by atoms with Crippen molar-refractivity contribution in [2.75, 3.05) is 25.4 Å². The number of hydrogen-bond acceptors (Lipinski definition) is 6. The zero-order valence-corrected chi connectivity index (χ0v) is 15.2. The molecule has 1 saturated heterocycles. The number of carbonyl (C=O) groups excluding carboxylic acids is 1. The number of rotatable bonds is 6. The summed E-state index contributed by atoms with van der Waals surface area (Å²) < 4.78 is 1.75. The average molecular weight is 361 g/mol. The first kappa shape index (κ1) is 17.9. The van der Waals surface area contributed by atoms with Crippen molar-refractivity contribution >= 4 is 17.7 Å². The molecule has 1 N–H and O–H groups in total. The van der Waals surface area contributed by atoms with Crippen molar-refractivity contribution < 1.29 is 9.90 Å². The van der Waals surface area contributed by atoms with Gasteiger partial charge in [-0.1, -0.05) is 11.8 Å². The molecule has 1 aliphatic rings. The maximum Gasteiger partial charge on any atom is 0.233 e. The van der Waals surface area contributed by atoms with Gasteiger partial charge < -0.3 is 10.0 Å². The number of hydrogen-bond donors (Lipinski definition) is 1. The SMILES string of the molecule is Cc1ccnc(SCC(=O)N2CCC[C@@H](c3ccn(CCO)n3)C2)n1. The van der Waals surface area contributed by atoms with Gasteiger partial charge in [-0.25, -0.2) is 9.97 Å². The third-order valence-electron chi connectivity index (χ3n) is 4.28. The van der Waals surface area contributed by atoms with Crippen LogP contribution in [0.2, 0.25) is 0 Å². The molecule has 7 nitrogen and oxygen atoms in total. The van der Waals surface area contributed by atoms with Crippen LogP contribution in [0.1, 0.15) is 30.1 Å². The molecule has 0 spiro atoms. The van der Waals surface area contributed by atoms with Gasteiger partial charge in [0.05, 0.1) is 24.6 Å². The second-order valence-electron chi connectivity index (χ2n) is 6.18. The van der Waals surface area contributed by atoms with Crippen LogP contribution in [0.5, 0.6) is 0 Å². The molecule has 2 aromatic rings. The first-order valence-corrected chi connectivity index (χ1v) is 9.48. The van der Waals surface area contributed by atoms with Crippen LogP contribution >= 0.6 is 11.8 Å². The lowest BCUT2D eigenvalue weighted by Crippen LogP contribution is -2.40. The van der Waals surface area contributed by atoms with E-state index in [9.17, 15) is 4.79 Å². The lowest BCUT2D eigenvalue weighted by atomic mass is 9.95. The average Bonchev–Trinajstić information content (AvgIpc) is 3.09. The summed E-state index contributed by atoms with van der Waals surface area (Å²) in [6.45, 7) is 3.99. The summed E-state index contributed by atoms with van der Waals surface area (Å²) in [7, 11) is 0. The highest BCUT2D eigenvalue weighted by atomic mass is 32.2. The second-order valence-corrected chi connectivity index (χ2v) is 7.12. The largest absolute Gasteiger partial charge is 0.394 e. The second kappa shape index (κ2) is 8.44. The zero-order chi connectivity index (χ0) is 17.6. The van der Waals surface area contributed by atoms with Crippen molar-refractivity contribution in [3.05, 3.63) is 35.9 Å². The molecule has 0 saturated carbocycles. The third kappa shape index (κ3) is 4.79. The summed E-state index contributed by atoms with van der Waals surface area (Å²) >= 11 is 1.38. The molecule has 1 fully saturated rings. The van der Waals surface area contributed by atoms with Crippen molar-refractivity contribution in [3.63, 3.8) is 0 Å². The third-order valence-corrected chi connectivity index (χ3v) is 5.13. The molecule has 3 heterocycles. The fourth-order valence-corrected chi connectivity index (χ4v) is 3.76.